The van der Waals surface area contributed by atoms with Gasteiger partial charge in [0.15, 0.2) is 0 Å². The summed E-state index contributed by atoms with van der Waals surface area (Å²) < 4.78 is 39.1. The van der Waals surface area contributed by atoms with Gasteiger partial charge in [0, 0.05) is 32.0 Å². The Kier molecular flexibility index (Phi) is 7.24. The molecule has 1 aliphatic rings. The molecule has 0 spiro atoms. The van der Waals surface area contributed by atoms with Crippen LogP contribution in [0.15, 0.2) is 24.3 Å². The Labute approximate surface area is 156 Å². The maximum absolute atomic E-state index is 13.0. The molecule has 0 bridgehead atoms. The molecule has 1 aliphatic heterocycles. The van der Waals surface area contributed by atoms with Crippen LogP contribution in [-0.4, -0.2) is 41.5 Å². The number of alkyl halides is 3. The van der Waals surface area contributed by atoms with Gasteiger partial charge in [-0.15, -0.1) is 0 Å². The van der Waals surface area contributed by atoms with Crippen LogP contribution in [0.25, 0.3) is 0 Å². The minimum atomic E-state index is -4.57. The average Bonchev–Trinajstić information content (AvgIpc) is 2.65. The van der Waals surface area contributed by atoms with Crippen LogP contribution in [0.3, 0.4) is 0 Å². The summed E-state index contributed by atoms with van der Waals surface area (Å²) in [5, 5.41) is 12.7. The van der Waals surface area contributed by atoms with Gasteiger partial charge >= 0.3 is 6.18 Å². The van der Waals surface area contributed by atoms with Crippen LogP contribution in [0.2, 0.25) is 0 Å². The molecule has 2 N–H and O–H groups in total. The van der Waals surface area contributed by atoms with Crippen molar-refractivity contribution in [2.75, 3.05) is 19.6 Å². The maximum atomic E-state index is 13.0. The topological polar surface area (TPSA) is 69.6 Å². The molecule has 1 unspecified atom stereocenters. The van der Waals surface area contributed by atoms with Crippen LogP contribution < -0.4 is 5.32 Å². The van der Waals surface area contributed by atoms with Gasteiger partial charge < -0.3 is 15.3 Å². The van der Waals surface area contributed by atoms with Gasteiger partial charge in [0.1, 0.15) is 0 Å². The lowest BCUT2D eigenvalue weighted by Crippen LogP contribution is -2.43. The smallest absolute Gasteiger partial charge is 0.387 e. The molecule has 27 heavy (non-hydrogen) atoms. The number of hydrogen-bond donors (Lipinski definition) is 2. The molecule has 1 saturated heterocycles. The first-order valence-corrected chi connectivity index (χ1v) is 9.13. The Balaban J connectivity index is 1.87. The zero-order valence-electron chi connectivity index (χ0n) is 15.3. The molecule has 1 fully saturated rings. The summed E-state index contributed by atoms with van der Waals surface area (Å²) >= 11 is 0. The lowest BCUT2D eigenvalue weighted by molar-refractivity contribution is -0.139. The highest BCUT2D eigenvalue weighted by Crippen LogP contribution is 2.34. The number of benzene rings is 1. The Morgan fingerprint density at radius 2 is 1.89 bits per heavy atom. The zero-order valence-corrected chi connectivity index (χ0v) is 15.3. The zero-order chi connectivity index (χ0) is 20.0. The Hall–Kier alpha value is -2.09. The number of amides is 2. The van der Waals surface area contributed by atoms with E-state index in [4.69, 9.17) is 0 Å². The van der Waals surface area contributed by atoms with Gasteiger partial charge in [-0.3, -0.25) is 9.59 Å². The minimum Gasteiger partial charge on any atom is -0.387 e. The third-order valence-corrected chi connectivity index (χ3v) is 4.78. The van der Waals surface area contributed by atoms with E-state index < -0.39 is 17.8 Å². The lowest BCUT2D eigenvalue weighted by Gasteiger charge is -2.31. The first-order chi connectivity index (χ1) is 12.7. The molecule has 2 amide bonds. The summed E-state index contributed by atoms with van der Waals surface area (Å²) in [6.07, 6.45) is -3.73. The SMILES string of the molecule is CCCC(=O)N1CCC(C(=O)NCC(O)c2ccccc2C(F)(F)F)CC1. The Morgan fingerprint density at radius 1 is 1.26 bits per heavy atom. The van der Waals surface area contributed by atoms with Gasteiger partial charge in [-0.2, -0.15) is 13.2 Å². The molecule has 0 saturated carbocycles. The Bertz CT molecular complexity index is 656. The molecule has 0 aromatic heterocycles. The molecule has 1 aromatic rings. The van der Waals surface area contributed by atoms with Gasteiger partial charge in [0.2, 0.25) is 11.8 Å². The average molecular weight is 386 g/mol. The van der Waals surface area contributed by atoms with E-state index >= 15 is 0 Å². The van der Waals surface area contributed by atoms with Crippen LogP contribution >= 0.6 is 0 Å². The van der Waals surface area contributed by atoms with Crippen molar-refractivity contribution in [2.24, 2.45) is 5.92 Å². The molecule has 150 valence electrons. The van der Waals surface area contributed by atoms with Crippen LogP contribution in [0.1, 0.15) is 49.8 Å². The van der Waals surface area contributed by atoms with Crippen molar-refractivity contribution in [3.8, 4) is 0 Å². The number of carbonyl (C=O) groups is 2. The van der Waals surface area contributed by atoms with E-state index in [1.807, 2.05) is 6.92 Å². The minimum absolute atomic E-state index is 0.0792. The summed E-state index contributed by atoms with van der Waals surface area (Å²) in [6, 6.07) is 4.78. The second-order valence-corrected chi connectivity index (χ2v) is 6.75. The van der Waals surface area contributed by atoms with Crippen molar-refractivity contribution < 1.29 is 27.9 Å². The van der Waals surface area contributed by atoms with E-state index in [0.717, 1.165) is 12.5 Å². The van der Waals surface area contributed by atoms with E-state index in [9.17, 15) is 27.9 Å². The fraction of sp³-hybridized carbons (Fsp3) is 0.579. The highest BCUT2D eigenvalue weighted by Gasteiger charge is 2.35. The molecule has 0 aliphatic carbocycles. The molecule has 2 rings (SSSR count). The van der Waals surface area contributed by atoms with Crippen molar-refractivity contribution in [2.45, 2.75) is 44.9 Å². The standard InChI is InChI=1S/C19H25F3N2O3/c1-2-5-17(26)24-10-8-13(9-11-24)18(27)23-12-16(25)14-6-3-4-7-15(14)19(20,21)22/h3-4,6-7,13,16,25H,2,5,8-12H2,1H3,(H,23,27). The highest BCUT2D eigenvalue weighted by atomic mass is 19.4. The monoisotopic (exact) mass is 386 g/mol. The molecule has 8 heteroatoms. The predicted molar refractivity (Wildman–Crippen MR) is 93.6 cm³/mol. The van der Waals surface area contributed by atoms with Crippen molar-refractivity contribution in [3.05, 3.63) is 35.4 Å². The van der Waals surface area contributed by atoms with Crippen LogP contribution in [0.5, 0.6) is 0 Å². The van der Waals surface area contributed by atoms with Gasteiger partial charge in [-0.25, -0.2) is 0 Å². The summed E-state index contributed by atoms with van der Waals surface area (Å²) in [5.74, 6) is -0.530. The number of nitrogens with one attached hydrogen (secondary N) is 1. The number of carbonyl (C=O) groups excluding carboxylic acids is 2. The van der Waals surface area contributed by atoms with Crippen LogP contribution in [0, 0.1) is 5.92 Å². The third kappa shape index (κ3) is 5.69. The van der Waals surface area contributed by atoms with Crippen LogP contribution in [0.4, 0.5) is 13.2 Å². The maximum Gasteiger partial charge on any atom is 0.416 e. The van der Waals surface area contributed by atoms with Crippen molar-refractivity contribution in [1.29, 1.82) is 0 Å². The summed E-state index contributed by atoms with van der Waals surface area (Å²) in [5.41, 5.74) is -1.17. The van der Waals surface area contributed by atoms with Crippen molar-refractivity contribution in [3.63, 3.8) is 0 Å². The first-order valence-electron chi connectivity index (χ1n) is 9.13. The predicted octanol–water partition coefficient (Wildman–Crippen LogP) is 2.89. The van der Waals surface area contributed by atoms with Gasteiger partial charge in [-0.1, -0.05) is 25.1 Å². The molecule has 1 aromatic carbocycles. The quantitative estimate of drug-likeness (QED) is 0.790. The fourth-order valence-corrected chi connectivity index (χ4v) is 3.26. The number of aliphatic hydroxyl groups excluding tert-OH is 1. The molecular formula is C19H25F3N2O3. The number of rotatable bonds is 6. The number of nitrogens with zero attached hydrogens (tertiary/aromatic N) is 1. The van der Waals surface area contributed by atoms with E-state index in [2.05, 4.69) is 5.32 Å². The second-order valence-electron chi connectivity index (χ2n) is 6.75. The van der Waals surface area contributed by atoms with E-state index in [1.165, 1.54) is 18.2 Å². The number of halogens is 3. The first kappa shape index (κ1) is 21.2. The van der Waals surface area contributed by atoms with Crippen molar-refractivity contribution in [1.82, 2.24) is 10.2 Å². The van der Waals surface area contributed by atoms with Gasteiger partial charge in [0.25, 0.3) is 0 Å². The largest absolute Gasteiger partial charge is 0.416 e. The molecule has 5 nitrogen and oxygen atoms in total. The van der Waals surface area contributed by atoms with E-state index in [1.54, 1.807) is 4.90 Å². The van der Waals surface area contributed by atoms with Gasteiger partial charge in [0.05, 0.1) is 11.7 Å². The lowest BCUT2D eigenvalue weighted by atomic mass is 9.95. The molecule has 1 atom stereocenters. The highest BCUT2D eigenvalue weighted by molar-refractivity contribution is 5.80. The van der Waals surface area contributed by atoms with Crippen LogP contribution in [-0.2, 0) is 15.8 Å². The summed E-state index contributed by atoms with van der Waals surface area (Å²) in [7, 11) is 0. The second kappa shape index (κ2) is 9.21. The van der Waals surface area contributed by atoms with Crippen molar-refractivity contribution >= 4 is 11.8 Å². The number of hydrogen-bond acceptors (Lipinski definition) is 3. The third-order valence-electron chi connectivity index (χ3n) is 4.78. The number of piperidine rings is 1. The summed E-state index contributed by atoms with van der Waals surface area (Å²) in [6.45, 7) is 2.63. The normalized spacial score (nSPS) is 16.9. The molecule has 1 heterocycles. The number of aliphatic hydroxyl groups is 1. The van der Waals surface area contributed by atoms with Gasteiger partial charge in [-0.05, 0) is 30.9 Å². The van der Waals surface area contributed by atoms with E-state index in [-0.39, 0.29) is 29.8 Å². The Morgan fingerprint density at radius 3 is 2.48 bits per heavy atom. The molecular weight excluding hydrogens is 361 g/mol. The fourth-order valence-electron chi connectivity index (χ4n) is 3.26. The summed E-state index contributed by atoms with van der Waals surface area (Å²) in [4.78, 5) is 25.9. The van der Waals surface area contributed by atoms with E-state index in [0.29, 0.717) is 32.4 Å². The molecule has 0 radical (unpaired) electrons. The number of likely N-dealkylation sites (tertiary alicyclic amines) is 1.